The van der Waals surface area contributed by atoms with Crippen LogP contribution in [0.2, 0.25) is 0 Å². The summed E-state index contributed by atoms with van der Waals surface area (Å²) < 4.78 is 31.7. The molecule has 0 amide bonds. The van der Waals surface area contributed by atoms with E-state index in [0.717, 1.165) is 11.8 Å². The molecule has 5 nitrogen and oxygen atoms in total. The number of hydrogen-bond donors (Lipinski definition) is 1. The van der Waals surface area contributed by atoms with Gasteiger partial charge in [0.25, 0.3) is 6.43 Å². The van der Waals surface area contributed by atoms with Crippen LogP contribution in [0.3, 0.4) is 0 Å². The SMILES string of the molecule is COc1ccc2c(c1)nc(SCC(=O)O)n2CC(F)F. The van der Waals surface area contributed by atoms with E-state index in [-0.39, 0.29) is 10.9 Å². The van der Waals surface area contributed by atoms with E-state index in [9.17, 15) is 13.6 Å². The molecule has 1 aromatic heterocycles. The van der Waals surface area contributed by atoms with Gasteiger partial charge in [-0.25, -0.2) is 13.8 Å². The molecule has 0 spiro atoms. The average Bonchev–Trinajstić information content (AvgIpc) is 2.73. The summed E-state index contributed by atoms with van der Waals surface area (Å²) in [6.07, 6.45) is -2.54. The third-order valence-corrected chi connectivity index (χ3v) is 3.53. The number of rotatable bonds is 6. The van der Waals surface area contributed by atoms with E-state index < -0.39 is 18.9 Å². The summed E-state index contributed by atoms with van der Waals surface area (Å²) in [7, 11) is 1.50. The van der Waals surface area contributed by atoms with E-state index in [2.05, 4.69) is 4.98 Å². The van der Waals surface area contributed by atoms with Crippen molar-refractivity contribution in [3.05, 3.63) is 18.2 Å². The molecule has 0 saturated carbocycles. The number of nitrogens with zero attached hydrogens (tertiary/aromatic N) is 2. The predicted molar refractivity (Wildman–Crippen MR) is 70.6 cm³/mol. The molecular formula is C12H12F2N2O3S. The van der Waals surface area contributed by atoms with Crippen LogP contribution in [-0.4, -0.2) is 39.9 Å². The van der Waals surface area contributed by atoms with Gasteiger partial charge in [0.15, 0.2) is 5.16 Å². The number of thioether (sulfide) groups is 1. The van der Waals surface area contributed by atoms with Crippen molar-refractivity contribution in [2.75, 3.05) is 12.9 Å². The van der Waals surface area contributed by atoms with E-state index in [1.807, 2.05) is 0 Å². The Morgan fingerprint density at radius 1 is 1.55 bits per heavy atom. The number of hydrogen-bond acceptors (Lipinski definition) is 4. The van der Waals surface area contributed by atoms with Crippen molar-refractivity contribution in [1.82, 2.24) is 9.55 Å². The predicted octanol–water partition coefficient (Wildman–Crippen LogP) is 2.49. The average molecular weight is 302 g/mol. The molecule has 0 bridgehead atoms. The minimum absolute atomic E-state index is 0.232. The Bertz CT molecular complexity index is 630. The number of aliphatic carboxylic acids is 1. The van der Waals surface area contributed by atoms with Gasteiger partial charge in [0.1, 0.15) is 5.75 Å². The Labute approximate surface area is 117 Å². The van der Waals surface area contributed by atoms with Crippen LogP contribution in [0.25, 0.3) is 11.0 Å². The van der Waals surface area contributed by atoms with E-state index in [0.29, 0.717) is 16.8 Å². The lowest BCUT2D eigenvalue weighted by Crippen LogP contribution is -2.09. The molecule has 1 aromatic carbocycles. The zero-order chi connectivity index (χ0) is 14.7. The Kier molecular flexibility index (Phi) is 4.43. The number of carboxylic acid groups (broad SMARTS) is 1. The van der Waals surface area contributed by atoms with Crippen LogP contribution in [0.1, 0.15) is 0 Å². The Balaban J connectivity index is 2.44. The van der Waals surface area contributed by atoms with Gasteiger partial charge in [-0.3, -0.25) is 4.79 Å². The highest BCUT2D eigenvalue weighted by molar-refractivity contribution is 7.99. The van der Waals surface area contributed by atoms with Crippen LogP contribution < -0.4 is 4.74 Å². The first-order valence-corrected chi connectivity index (χ1v) is 6.67. The largest absolute Gasteiger partial charge is 0.497 e. The van der Waals surface area contributed by atoms with Crippen LogP contribution >= 0.6 is 11.8 Å². The number of imidazole rings is 1. The first-order chi connectivity index (χ1) is 9.51. The molecule has 0 aliphatic carbocycles. The van der Waals surface area contributed by atoms with Gasteiger partial charge in [-0.05, 0) is 12.1 Å². The van der Waals surface area contributed by atoms with Crippen LogP contribution in [0.4, 0.5) is 8.78 Å². The molecule has 0 saturated heterocycles. The quantitative estimate of drug-likeness (QED) is 0.831. The standard InChI is InChI=1S/C12H12F2N2O3S/c1-19-7-2-3-9-8(4-7)15-12(20-6-11(17)18)16(9)5-10(13)14/h2-4,10H,5-6H2,1H3,(H,17,18). The molecule has 2 aromatic rings. The number of carbonyl (C=O) groups is 1. The second kappa shape index (κ2) is 6.08. The fourth-order valence-corrected chi connectivity index (χ4v) is 2.51. The van der Waals surface area contributed by atoms with Gasteiger partial charge in [0.2, 0.25) is 0 Å². The molecular weight excluding hydrogens is 290 g/mol. The molecule has 0 fully saturated rings. The van der Waals surface area contributed by atoms with Gasteiger partial charge in [0, 0.05) is 6.07 Å². The van der Waals surface area contributed by atoms with Gasteiger partial charge in [0.05, 0.1) is 30.4 Å². The van der Waals surface area contributed by atoms with Gasteiger partial charge >= 0.3 is 5.97 Å². The smallest absolute Gasteiger partial charge is 0.313 e. The number of alkyl halides is 2. The minimum Gasteiger partial charge on any atom is -0.497 e. The Hall–Kier alpha value is -1.83. The van der Waals surface area contributed by atoms with Crippen molar-refractivity contribution in [2.24, 2.45) is 0 Å². The summed E-state index contributed by atoms with van der Waals surface area (Å²) in [5.41, 5.74) is 1.02. The van der Waals surface area contributed by atoms with Crippen molar-refractivity contribution >= 4 is 28.8 Å². The van der Waals surface area contributed by atoms with E-state index in [1.165, 1.54) is 11.7 Å². The number of carboxylic acids is 1. The number of aromatic nitrogens is 2. The van der Waals surface area contributed by atoms with Gasteiger partial charge in [-0.1, -0.05) is 11.8 Å². The first-order valence-electron chi connectivity index (χ1n) is 5.68. The Morgan fingerprint density at radius 2 is 2.30 bits per heavy atom. The molecule has 1 heterocycles. The zero-order valence-corrected chi connectivity index (χ0v) is 11.4. The molecule has 108 valence electrons. The highest BCUT2D eigenvalue weighted by Gasteiger charge is 2.16. The maximum atomic E-state index is 12.7. The van der Waals surface area contributed by atoms with E-state index >= 15 is 0 Å². The van der Waals surface area contributed by atoms with Crippen molar-refractivity contribution in [3.63, 3.8) is 0 Å². The van der Waals surface area contributed by atoms with Crippen LogP contribution in [0.5, 0.6) is 5.75 Å². The summed E-state index contributed by atoms with van der Waals surface area (Å²) in [4.78, 5) is 14.8. The summed E-state index contributed by atoms with van der Waals surface area (Å²) in [5, 5.41) is 8.94. The summed E-state index contributed by atoms with van der Waals surface area (Å²) in [5.74, 6) is -0.693. The fourth-order valence-electron chi connectivity index (χ4n) is 1.77. The van der Waals surface area contributed by atoms with E-state index in [4.69, 9.17) is 9.84 Å². The second-order valence-corrected chi connectivity index (χ2v) is 4.88. The van der Waals surface area contributed by atoms with Gasteiger partial charge in [-0.2, -0.15) is 0 Å². The summed E-state index contributed by atoms with van der Waals surface area (Å²) in [6.45, 7) is -0.523. The number of ether oxygens (including phenoxy) is 1. The lowest BCUT2D eigenvalue weighted by Gasteiger charge is -2.07. The first kappa shape index (κ1) is 14.6. The van der Waals surface area contributed by atoms with Gasteiger partial charge in [-0.15, -0.1) is 0 Å². The van der Waals surface area contributed by atoms with Crippen molar-refractivity contribution in [1.29, 1.82) is 0 Å². The highest BCUT2D eigenvalue weighted by atomic mass is 32.2. The lowest BCUT2D eigenvalue weighted by molar-refractivity contribution is -0.133. The molecule has 0 aliphatic rings. The number of fused-ring (bicyclic) bond motifs is 1. The molecule has 8 heteroatoms. The highest BCUT2D eigenvalue weighted by Crippen LogP contribution is 2.27. The molecule has 0 atom stereocenters. The summed E-state index contributed by atoms with van der Waals surface area (Å²) >= 11 is 0.914. The van der Waals surface area contributed by atoms with Crippen LogP contribution in [0, 0.1) is 0 Å². The van der Waals surface area contributed by atoms with Gasteiger partial charge < -0.3 is 14.4 Å². The van der Waals surface area contributed by atoms with Crippen LogP contribution in [-0.2, 0) is 11.3 Å². The maximum absolute atomic E-state index is 12.7. The van der Waals surface area contributed by atoms with Crippen molar-refractivity contribution in [3.8, 4) is 5.75 Å². The maximum Gasteiger partial charge on any atom is 0.313 e. The fraction of sp³-hybridized carbons (Fsp3) is 0.333. The number of methoxy groups -OCH3 is 1. The van der Waals surface area contributed by atoms with Crippen molar-refractivity contribution in [2.45, 2.75) is 18.1 Å². The van der Waals surface area contributed by atoms with Crippen molar-refractivity contribution < 1.29 is 23.4 Å². The molecule has 0 radical (unpaired) electrons. The monoisotopic (exact) mass is 302 g/mol. The number of benzene rings is 1. The minimum atomic E-state index is -2.54. The normalized spacial score (nSPS) is 11.2. The molecule has 0 unspecified atom stereocenters. The number of halogens is 2. The zero-order valence-electron chi connectivity index (χ0n) is 10.5. The molecule has 1 N–H and O–H groups in total. The molecule has 0 aliphatic heterocycles. The van der Waals surface area contributed by atoms with E-state index in [1.54, 1.807) is 18.2 Å². The third kappa shape index (κ3) is 3.19. The summed E-state index contributed by atoms with van der Waals surface area (Å²) in [6, 6.07) is 4.91. The Morgan fingerprint density at radius 3 is 2.90 bits per heavy atom. The topological polar surface area (TPSA) is 64.3 Å². The van der Waals surface area contributed by atoms with Crippen LogP contribution in [0.15, 0.2) is 23.4 Å². The lowest BCUT2D eigenvalue weighted by atomic mass is 10.3. The third-order valence-electron chi connectivity index (χ3n) is 2.57. The molecule has 2 rings (SSSR count). The second-order valence-electron chi connectivity index (χ2n) is 3.93. The molecule has 20 heavy (non-hydrogen) atoms.